The lowest BCUT2D eigenvalue weighted by molar-refractivity contribution is 0.0731. The van der Waals surface area contributed by atoms with Crippen molar-refractivity contribution in [1.29, 1.82) is 0 Å². The summed E-state index contributed by atoms with van der Waals surface area (Å²) in [6.45, 7) is 4.18. The fraction of sp³-hybridized carbons (Fsp3) is 0.333. The van der Waals surface area contributed by atoms with Gasteiger partial charge in [-0.1, -0.05) is 25.1 Å². The third-order valence-electron chi connectivity index (χ3n) is 7.39. The summed E-state index contributed by atoms with van der Waals surface area (Å²) >= 11 is 0. The van der Waals surface area contributed by atoms with Gasteiger partial charge in [0.15, 0.2) is 9.84 Å². The summed E-state index contributed by atoms with van der Waals surface area (Å²) in [5, 5.41) is 6.28. The molecule has 10 heteroatoms. The Balaban J connectivity index is 1.37. The van der Waals surface area contributed by atoms with Gasteiger partial charge in [-0.05, 0) is 66.9 Å². The van der Waals surface area contributed by atoms with Gasteiger partial charge in [-0.25, -0.2) is 12.8 Å². The Morgan fingerprint density at radius 1 is 1.10 bits per heavy atom. The molecule has 1 atom stereocenters. The van der Waals surface area contributed by atoms with Gasteiger partial charge in [0.2, 0.25) is 0 Å². The molecular weight excluding hydrogens is 533 g/mol. The number of nitrogens with zero attached hydrogens (tertiary/aromatic N) is 1. The SMILES string of the molecule is CCc1c(C(=O)N2CCOc3ccc(-c4ccc(C(=O)N[C@@H]5CCNC5)cc4)cc3C2)ccc(S(C)(=O)=O)c1F. The van der Waals surface area contributed by atoms with Crippen molar-refractivity contribution in [2.24, 2.45) is 0 Å². The Labute approximate surface area is 233 Å². The van der Waals surface area contributed by atoms with Crippen LogP contribution >= 0.6 is 0 Å². The third kappa shape index (κ3) is 5.73. The Bertz CT molecular complexity index is 1550. The van der Waals surface area contributed by atoms with E-state index in [-0.39, 0.29) is 48.6 Å². The average molecular weight is 566 g/mol. The first-order valence-corrected chi connectivity index (χ1v) is 15.2. The molecule has 8 nitrogen and oxygen atoms in total. The maximum Gasteiger partial charge on any atom is 0.254 e. The molecule has 1 saturated heterocycles. The van der Waals surface area contributed by atoms with E-state index in [2.05, 4.69) is 10.6 Å². The normalized spacial score (nSPS) is 17.1. The smallest absolute Gasteiger partial charge is 0.254 e. The van der Waals surface area contributed by atoms with Crippen molar-refractivity contribution in [3.63, 3.8) is 0 Å². The van der Waals surface area contributed by atoms with Crippen molar-refractivity contribution in [3.8, 4) is 16.9 Å². The van der Waals surface area contributed by atoms with Gasteiger partial charge in [0.25, 0.3) is 11.8 Å². The average Bonchev–Trinajstić information content (AvgIpc) is 3.35. The van der Waals surface area contributed by atoms with Gasteiger partial charge in [-0.2, -0.15) is 0 Å². The van der Waals surface area contributed by atoms with Crippen LogP contribution in [0.25, 0.3) is 11.1 Å². The van der Waals surface area contributed by atoms with Gasteiger partial charge in [-0.15, -0.1) is 0 Å². The molecular formula is C30H32FN3O5S. The highest BCUT2D eigenvalue weighted by molar-refractivity contribution is 7.90. The number of amides is 2. The number of carbonyl (C=O) groups is 2. The van der Waals surface area contributed by atoms with Crippen molar-refractivity contribution < 1.29 is 27.1 Å². The highest BCUT2D eigenvalue weighted by Crippen LogP contribution is 2.31. The molecule has 3 aromatic carbocycles. The van der Waals surface area contributed by atoms with E-state index in [9.17, 15) is 18.0 Å². The van der Waals surface area contributed by atoms with Crippen molar-refractivity contribution in [2.75, 3.05) is 32.5 Å². The molecule has 1 fully saturated rings. The summed E-state index contributed by atoms with van der Waals surface area (Å²) in [7, 11) is -3.77. The third-order valence-corrected chi connectivity index (χ3v) is 8.51. The van der Waals surface area contributed by atoms with Crippen LogP contribution in [0.1, 0.15) is 45.2 Å². The first-order valence-electron chi connectivity index (χ1n) is 13.3. The number of halogens is 1. The van der Waals surface area contributed by atoms with Crippen molar-refractivity contribution >= 4 is 21.7 Å². The van der Waals surface area contributed by atoms with Gasteiger partial charge in [0.05, 0.1) is 6.54 Å². The number of hydrogen-bond acceptors (Lipinski definition) is 6. The van der Waals surface area contributed by atoms with E-state index < -0.39 is 20.5 Å². The van der Waals surface area contributed by atoms with Gasteiger partial charge in [0, 0.05) is 47.6 Å². The van der Waals surface area contributed by atoms with Crippen LogP contribution in [0.5, 0.6) is 5.75 Å². The van der Waals surface area contributed by atoms with Gasteiger partial charge in [0.1, 0.15) is 23.1 Å². The van der Waals surface area contributed by atoms with E-state index >= 15 is 4.39 Å². The molecule has 40 heavy (non-hydrogen) atoms. The second-order valence-corrected chi connectivity index (χ2v) is 12.2. The number of ether oxygens (including phenoxy) is 1. The van der Waals surface area contributed by atoms with Crippen LogP contribution in [0.2, 0.25) is 0 Å². The number of sulfone groups is 1. The molecule has 2 aliphatic rings. The number of fused-ring (bicyclic) bond motifs is 1. The standard InChI is InChI=1S/C30H32FN3O5S/c1-3-24-25(9-11-27(28(24)31)40(2,37)38)30(36)34-14-15-39-26-10-8-21(16-22(26)18-34)19-4-6-20(7-5-19)29(35)33-23-12-13-32-17-23/h4-11,16,23,32H,3,12-15,17-18H2,1-2H3,(H,33,35)/t23-/m1/s1. The van der Waals surface area contributed by atoms with Crippen LogP contribution in [-0.2, 0) is 22.8 Å². The van der Waals surface area contributed by atoms with E-state index in [1.807, 2.05) is 30.3 Å². The van der Waals surface area contributed by atoms with E-state index in [1.54, 1.807) is 24.0 Å². The zero-order valence-electron chi connectivity index (χ0n) is 22.5. The van der Waals surface area contributed by atoms with Crippen LogP contribution in [0, 0.1) is 5.82 Å². The van der Waals surface area contributed by atoms with E-state index in [0.29, 0.717) is 17.9 Å². The number of rotatable bonds is 6. The van der Waals surface area contributed by atoms with Crippen LogP contribution in [0.3, 0.4) is 0 Å². The Hall–Kier alpha value is -3.76. The second-order valence-electron chi connectivity index (χ2n) is 10.2. The molecule has 0 spiro atoms. The molecule has 0 saturated carbocycles. The largest absolute Gasteiger partial charge is 0.491 e. The Morgan fingerprint density at radius 3 is 2.52 bits per heavy atom. The van der Waals surface area contributed by atoms with Crippen molar-refractivity contribution in [3.05, 3.63) is 82.7 Å². The molecule has 3 aromatic rings. The van der Waals surface area contributed by atoms with Gasteiger partial charge < -0.3 is 20.3 Å². The second kappa shape index (κ2) is 11.4. The first-order chi connectivity index (χ1) is 19.2. The predicted octanol–water partition coefficient (Wildman–Crippen LogP) is 3.59. The van der Waals surface area contributed by atoms with Crippen molar-refractivity contribution in [2.45, 2.75) is 37.2 Å². The lowest BCUT2D eigenvalue weighted by atomic mass is 10.00. The minimum Gasteiger partial charge on any atom is -0.491 e. The number of benzene rings is 3. The summed E-state index contributed by atoms with van der Waals surface area (Å²) < 4.78 is 45.0. The molecule has 2 heterocycles. The van der Waals surface area contributed by atoms with Gasteiger partial charge in [-0.3, -0.25) is 9.59 Å². The highest BCUT2D eigenvalue weighted by atomic mass is 32.2. The molecule has 0 bridgehead atoms. The number of carbonyl (C=O) groups excluding carboxylic acids is 2. The summed E-state index contributed by atoms with van der Waals surface area (Å²) in [6.07, 6.45) is 2.04. The summed E-state index contributed by atoms with van der Waals surface area (Å²) in [5.41, 5.74) is 3.43. The lowest BCUT2D eigenvalue weighted by Gasteiger charge is -2.22. The van der Waals surface area contributed by atoms with Gasteiger partial charge >= 0.3 is 0 Å². The monoisotopic (exact) mass is 565 g/mol. The maximum absolute atomic E-state index is 15.1. The topological polar surface area (TPSA) is 105 Å². The summed E-state index contributed by atoms with van der Waals surface area (Å²) in [4.78, 5) is 27.3. The quantitative estimate of drug-likeness (QED) is 0.474. The summed E-state index contributed by atoms with van der Waals surface area (Å²) in [5.74, 6) is -0.696. The van der Waals surface area contributed by atoms with Crippen molar-refractivity contribution in [1.82, 2.24) is 15.5 Å². The molecule has 0 aliphatic carbocycles. The number of nitrogens with one attached hydrogen (secondary N) is 2. The molecule has 0 radical (unpaired) electrons. The highest BCUT2D eigenvalue weighted by Gasteiger charge is 2.27. The minimum absolute atomic E-state index is 0.0837. The number of hydrogen-bond donors (Lipinski definition) is 2. The Morgan fingerprint density at radius 2 is 1.85 bits per heavy atom. The molecule has 0 aromatic heterocycles. The van der Waals surface area contributed by atoms with E-state index in [0.717, 1.165) is 48.5 Å². The van der Waals surface area contributed by atoms with Crippen LogP contribution in [0.4, 0.5) is 4.39 Å². The zero-order chi connectivity index (χ0) is 28.4. The van der Waals surface area contributed by atoms with E-state index in [4.69, 9.17) is 4.74 Å². The van der Waals surface area contributed by atoms with E-state index in [1.165, 1.54) is 6.07 Å². The summed E-state index contributed by atoms with van der Waals surface area (Å²) in [6, 6.07) is 15.8. The molecule has 5 rings (SSSR count). The predicted molar refractivity (Wildman–Crippen MR) is 150 cm³/mol. The minimum atomic E-state index is -3.77. The van der Waals surface area contributed by atoms with Crippen LogP contribution in [-0.4, -0.2) is 63.7 Å². The molecule has 0 unspecified atom stereocenters. The van der Waals surface area contributed by atoms with Crippen LogP contribution in [0.15, 0.2) is 59.5 Å². The fourth-order valence-electron chi connectivity index (χ4n) is 5.21. The molecule has 2 amide bonds. The van der Waals surface area contributed by atoms with Crippen LogP contribution < -0.4 is 15.4 Å². The zero-order valence-corrected chi connectivity index (χ0v) is 23.3. The Kier molecular flexibility index (Phi) is 7.91. The molecule has 210 valence electrons. The molecule has 2 aliphatic heterocycles. The fourth-order valence-corrected chi connectivity index (χ4v) is 5.97. The maximum atomic E-state index is 15.1. The first kappa shape index (κ1) is 27.8. The molecule has 2 N–H and O–H groups in total. The lowest BCUT2D eigenvalue weighted by Crippen LogP contribution is -2.36.